The minimum absolute atomic E-state index is 0.245. The van der Waals surface area contributed by atoms with Crippen molar-refractivity contribution in [2.24, 2.45) is 0 Å². The molecule has 3 heteroatoms. The van der Waals surface area contributed by atoms with Crippen LogP contribution in [0.3, 0.4) is 0 Å². The molecule has 0 atom stereocenters. The number of ketones is 1. The van der Waals surface area contributed by atoms with Crippen molar-refractivity contribution in [3.05, 3.63) is 22.4 Å². The topological polar surface area (TPSA) is 17.1 Å². The van der Waals surface area contributed by atoms with Crippen LogP contribution in [-0.4, -0.2) is 16.8 Å². The third-order valence-corrected chi connectivity index (χ3v) is 3.17. The third kappa shape index (κ3) is 2.99. The maximum atomic E-state index is 11.4. The summed E-state index contributed by atoms with van der Waals surface area (Å²) in [6, 6.07) is 1.88. The van der Waals surface area contributed by atoms with Crippen LogP contribution in [-0.2, 0) is 0 Å². The van der Waals surface area contributed by atoms with Crippen LogP contribution in [0.1, 0.15) is 24.2 Å². The highest BCUT2D eigenvalue weighted by Crippen LogP contribution is 2.14. The summed E-state index contributed by atoms with van der Waals surface area (Å²) in [5, 5.41) is 4.38. The number of carbonyl (C=O) groups is 1. The first-order valence-electron chi connectivity index (χ1n) is 3.87. The molecule has 0 saturated carbocycles. The predicted octanol–water partition coefficient (Wildman–Crippen LogP) is 3.07. The number of Topliss-reactive ketones (excluding diaryl/α,β-unsaturated/α-hetero) is 1. The average Bonchev–Trinajstić information content (AvgIpc) is 2.51. The summed E-state index contributed by atoms with van der Waals surface area (Å²) in [6.07, 6.45) is 0. The summed E-state index contributed by atoms with van der Waals surface area (Å²) >= 11 is 3.26. The number of thioether (sulfide) groups is 1. The molecular weight excluding hydrogens is 188 g/mol. The second kappa shape index (κ2) is 4.67. The van der Waals surface area contributed by atoms with E-state index in [1.54, 1.807) is 23.1 Å². The quantitative estimate of drug-likeness (QED) is 0.695. The van der Waals surface area contributed by atoms with Gasteiger partial charge in [0.25, 0.3) is 0 Å². The number of rotatable bonds is 4. The van der Waals surface area contributed by atoms with Gasteiger partial charge in [-0.1, -0.05) is 13.8 Å². The molecule has 1 aromatic rings. The Bertz CT molecular complexity index is 239. The van der Waals surface area contributed by atoms with Gasteiger partial charge < -0.3 is 0 Å². The highest BCUT2D eigenvalue weighted by Gasteiger charge is 2.06. The Morgan fingerprint density at radius 1 is 1.67 bits per heavy atom. The fourth-order valence-corrected chi connectivity index (χ4v) is 2.06. The van der Waals surface area contributed by atoms with Gasteiger partial charge in [0.2, 0.25) is 0 Å². The second-order valence-corrected chi connectivity index (χ2v) is 5.14. The molecular formula is C9H12OS2. The fraction of sp³-hybridized carbons (Fsp3) is 0.444. The Kier molecular flexibility index (Phi) is 3.82. The Morgan fingerprint density at radius 3 is 2.92 bits per heavy atom. The molecule has 1 aromatic heterocycles. The van der Waals surface area contributed by atoms with Crippen molar-refractivity contribution in [1.29, 1.82) is 0 Å². The van der Waals surface area contributed by atoms with E-state index >= 15 is 0 Å². The molecule has 0 fully saturated rings. The largest absolute Gasteiger partial charge is 0.293 e. The lowest BCUT2D eigenvalue weighted by Crippen LogP contribution is -2.03. The first kappa shape index (κ1) is 9.81. The Balaban J connectivity index is 2.40. The van der Waals surface area contributed by atoms with Crippen LogP contribution >= 0.6 is 23.1 Å². The molecule has 0 aromatic carbocycles. The van der Waals surface area contributed by atoms with E-state index < -0.39 is 0 Å². The molecule has 0 amide bonds. The van der Waals surface area contributed by atoms with Crippen molar-refractivity contribution >= 4 is 28.9 Å². The normalized spacial score (nSPS) is 10.6. The summed E-state index contributed by atoms with van der Waals surface area (Å²) in [7, 11) is 0. The number of thiophene rings is 1. The summed E-state index contributed by atoms with van der Waals surface area (Å²) in [5.74, 6) is 0.851. The van der Waals surface area contributed by atoms with Crippen LogP contribution in [0.15, 0.2) is 16.8 Å². The van der Waals surface area contributed by atoms with E-state index in [1.807, 2.05) is 16.8 Å². The minimum atomic E-state index is 0.245. The molecule has 0 aliphatic heterocycles. The Morgan fingerprint density at radius 2 is 2.42 bits per heavy atom. The van der Waals surface area contributed by atoms with Crippen LogP contribution in [0.2, 0.25) is 0 Å². The number of hydrogen-bond acceptors (Lipinski definition) is 3. The Labute approximate surface area is 81.2 Å². The molecule has 0 bridgehead atoms. The first-order chi connectivity index (χ1) is 5.70. The van der Waals surface area contributed by atoms with Gasteiger partial charge in [0.05, 0.1) is 5.75 Å². The molecule has 66 valence electrons. The Hall–Kier alpha value is -0.280. The molecule has 0 spiro atoms. The molecule has 1 rings (SSSR count). The summed E-state index contributed by atoms with van der Waals surface area (Å²) in [6.45, 7) is 4.21. The maximum absolute atomic E-state index is 11.4. The zero-order valence-corrected chi connectivity index (χ0v) is 8.87. The monoisotopic (exact) mass is 200 g/mol. The van der Waals surface area contributed by atoms with Gasteiger partial charge in [-0.2, -0.15) is 23.1 Å². The van der Waals surface area contributed by atoms with Gasteiger partial charge in [0.1, 0.15) is 0 Å². The van der Waals surface area contributed by atoms with Gasteiger partial charge in [0, 0.05) is 10.9 Å². The van der Waals surface area contributed by atoms with E-state index in [2.05, 4.69) is 13.8 Å². The van der Waals surface area contributed by atoms with Gasteiger partial charge in [-0.3, -0.25) is 4.79 Å². The van der Waals surface area contributed by atoms with E-state index in [0.29, 0.717) is 11.0 Å². The molecule has 0 aliphatic rings. The van der Waals surface area contributed by atoms with Crippen molar-refractivity contribution in [3.8, 4) is 0 Å². The van der Waals surface area contributed by atoms with Crippen molar-refractivity contribution in [2.75, 3.05) is 5.75 Å². The van der Waals surface area contributed by atoms with Crippen LogP contribution in [0.25, 0.3) is 0 Å². The zero-order chi connectivity index (χ0) is 8.97. The maximum Gasteiger partial charge on any atom is 0.173 e. The average molecular weight is 200 g/mol. The molecule has 0 saturated heterocycles. The SMILES string of the molecule is CC(C)SCC(=O)c1ccsc1. The van der Waals surface area contributed by atoms with Gasteiger partial charge >= 0.3 is 0 Å². The third-order valence-electron chi connectivity index (χ3n) is 1.39. The van der Waals surface area contributed by atoms with E-state index in [0.717, 1.165) is 5.56 Å². The van der Waals surface area contributed by atoms with E-state index in [4.69, 9.17) is 0 Å². The van der Waals surface area contributed by atoms with Crippen LogP contribution in [0.4, 0.5) is 0 Å². The lowest BCUT2D eigenvalue weighted by Gasteiger charge is -2.01. The van der Waals surface area contributed by atoms with Crippen molar-refractivity contribution in [2.45, 2.75) is 19.1 Å². The molecule has 12 heavy (non-hydrogen) atoms. The molecule has 0 N–H and O–H groups in total. The molecule has 1 nitrogen and oxygen atoms in total. The highest BCUT2D eigenvalue weighted by molar-refractivity contribution is 8.00. The highest BCUT2D eigenvalue weighted by atomic mass is 32.2. The lowest BCUT2D eigenvalue weighted by molar-refractivity contribution is 0.102. The van der Waals surface area contributed by atoms with Crippen molar-refractivity contribution in [1.82, 2.24) is 0 Å². The number of hydrogen-bond donors (Lipinski definition) is 0. The molecule has 0 aliphatic carbocycles. The van der Waals surface area contributed by atoms with Gasteiger partial charge in [-0.15, -0.1) is 0 Å². The zero-order valence-electron chi connectivity index (χ0n) is 7.24. The summed E-state index contributed by atoms with van der Waals surface area (Å²) in [5.41, 5.74) is 0.855. The standard InChI is InChI=1S/C9H12OS2/c1-7(2)12-6-9(10)8-3-4-11-5-8/h3-5,7H,6H2,1-2H3. The van der Waals surface area contributed by atoms with Crippen molar-refractivity contribution in [3.63, 3.8) is 0 Å². The number of carbonyl (C=O) groups excluding carboxylic acids is 1. The smallest absolute Gasteiger partial charge is 0.173 e. The molecule has 0 radical (unpaired) electrons. The minimum Gasteiger partial charge on any atom is -0.293 e. The fourth-order valence-electron chi connectivity index (χ4n) is 0.749. The van der Waals surface area contributed by atoms with Crippen molar-refractivity contribution < 1.29 is 4.79 Å². The molecule has 1 heterocycles. The first-order valence-corrected chi connectivity index (χ1v) is 5.86. The van der Waals surface area contributed by atoms with Crippen LogP contribution in [0.5, 0.6) is 0 Å². The van der Waals surface area contributed by atoms with Crippen LogP contribution < -0.4 is 0 Å². The summed E-state index contributed by atoms with van der Waals surface area (Å²) in [4.78, 5) is 11.4. The van der Waals surface area contributed by atoms with Gasteiger partial charge in [0.15, 0.2) is 5.78 Å². The summed E-state index contributed by atoms with van der Waals surface area (Å²) < 4.78 is 0. The van der Waals surface area contributed by atoms with Gasteiger partial charge in [-0.25, -0.2) is 0 Å². The van der Waals surface area contributed by atoms with Crippen LogP contribution in [0, 0.1) is 0 Å². The lowest BCUT2D eigenvalue weighted by atomic mass is 10.2. The van der Waals surface area contributed by atoms with Gasteiger partial charge in [-0.05, 0) is 16.7 Å². The van der Waals surface area contributed by atoms with E-state index in [9.17, 15) is 4.79 Å². The van der Waals surface area contributed by atoms with E-state index in [1.165, 1.54) is 0 Å². The second-order valence-electron chi connectivity index (χ2n) is 2.79. The predicted molar refractivity (Wildman–Crippen MR) is 56.2 cm³/mol. The van der Waals surface area contributed by atoms with E-state index in [-0.39, 0.29) is 5.78 Å². The molecule has 0 unspecified atom stereocenters.